The molecule has 1 aliphatic carbocycles. The summed E-state index contributed by atoms with van der Waals surface area (Å²) in [7, 11) is 0. The van der Waals surface area contributed by atoms with Crippen LogP contribution in [-0.4, -0.2) is 36.9 Å². The van der Waals surface area contributed by atoms with Gasteiger partial charge in [0.2, 0.25) is 0 Å². The lowest BCUT2D eigenvalue weighted by Crippen LogP contribution is -2.39. The second-order valence-corrected chi connectivity index (χ2v) is 5.52. The Bertz CT molecular complexity index is 202. The van der Waals surface area contributed by atoms with Gasteiger partial charge < -0.3 is 15.7 Å². The van der Waals surface area contributed by atoms with E-state index in [0.717, 1.165) is 25.6 Å². The van der Waals surface area contributed by atoms with Crippen molar-refractivity contribution in [3.8, 4) is 0 Å². The van der Waals surface area contributed by atoms with E-state index in [4.69, 9.17) is 0 Å². The molecule has 1 saturated carbocycles. The first-order chi connectivity index (χ1) is 7.79. The van der Waals surface area contributed by atoms with E-state index in [1.54, 1.807) is 0 Å². The predicted octanol–water partition coefficient (Wildman–Crippen LogP) is 1.13. The summed E-state index contributed by atoms with van der Waals surface area (Å²) in [5.74, 6) is 1.39. The summed E-state index contributed by atoms with van der Waals surface area (Å²) < 4.78 is 0. The van der Waals surface area contributed by atoms with Crippen molar-refractivity contribution in [3.63, 3.8) is 0 Å². The second-order valence-electron chi connectivity index (χ2n) is 5.52. The lowest BCUT2D eigenvalue weighted by atomic mass is 9.84. The largest absolute Gasteiger partial charge is 0.391 e. The van der Waals surface area contributed by atoms with Gasteiger partial charge in [0, 0.05) is 31.6 Å². The summed E-state index contributed by atoms with van der Waals surface area (Å²) in [5.41, 5.74) is 0. The Balaban J connectivity index is 1.63. The normalized spacial score (nSPS) is 40.1. The van der Waals surface area contributed by atoms with Gasteiger partial charge in [-0.15, -0.1) is 0 Å². The molecule has 16 heavy (non-hydrogen) atoms. The fourth-order valence-corrected chi connectivity index (χ4v) is 3.02. The molecule has 0 bridgehead atoms. The van der Waals surface area contributed by atoms with Crippen LogP contribution in [0.2, 0.25) is 0 Å². The molecule has 0 aromatic heterocycles. The molecule has 2 atom stereocenters. The van der Waals surface area contributed by atoms with E-state index in [0.29, 0.717) is 12.0 Å². The summed E-state index contributed by atoms with van der Waals surface area (Å²) in [6.07, 6.45) is 6.64. The third kappa shape index (κ3) is 3.19. The Kier molecular flexibility index (Phi) is 4.62. The Morgan fingerprint density at radius 1 is 1.19 bits per heavy atom. The lowest BCUT2D eigenvalue weighted by Gasteiger charge is -2.29. The van der Waals surface area contributed by atoms with Crippen molar-refractivity contribution >= 4 is 0 Å². The SMILES string of the molecule is CCC1CCC(NCC2CNCC2O)CC1. The van der Waals surface area contributed by atoms with Gasteiger partial charge in [-0.1, -0.05) is 13.3 Å². The van der Waals surface area contributed by atoms with Crippen LogP contribution in [0.1, 0.15) is 39.0 Å². The summed E-state index contributed by atoms with van der Waals surface area (Å²) >= 11 is 0. The van der Waals surface area contributed by atoms with Crippen molar-refractivity contribution in [2.75, 3.05) is 19.6 Å². The van der Waals surface area contributed by atoms with E-state index in [1.165, 1.54) is 32.1 Å². The monoisotopic (exact) mass is 226 g/mol. The molecule has 1 saturated heterocycles. The van der Waals surface area contributed by atoms with Crippen LogP contribution in [0, 0.1) is 11.8 Å². The molecule has 1 heterocycles. The zero-order chi connectivity index (χ0) is 11.4. The highest BCUT2D eigenvalue weighted by Crippen LogP contribution is 2.26. The van der Waals surface area contributed by atoms with Crippen LogP contribution < -0.4 is 10.6 Å². The van der Waals surface area contributed by atoms with Crippen LogP contribution in [-0.2, 0) is 0 Å². The number of rotatable bonds is 4. The van der Waals surface area contributed by atoms with E-state index in [2.05, 4.69) is 17.6 Å². The molecule has 0 aromatic carbocycles. The van der Waals surface area contributed by atoms with Crippen LogP contribution in [0.3, 0.4) is 0 Å². The Morgan fingerprint density at radius 2 is 1.94 bits per heavy atom. The fraction of sp³-hybridized carbons (Fsp3) is 1.00. The van der Waals surface area contributed by atoms with Gasteiger partial charge in [0.05, 0.1) is 6.10 Å². The van der Waals surface area contributed by atoms with Crippen molar-refractivity contribution in [1.82, 2.24) is 10.6 Å². The molecular formula is C13H26N2O. The minimum atomic E-state index is -0.139. The van der Waals surface area contributed by atoms with Gasteiger partial charge in [-0.3, -0.25) is 0 Å². The molecule has 0 spiro atoms. The molecule has 3 nitrogen and oxygen atoms in total. The molecule has 1 aliphatic heterocycles. The smallest absolute Gasteiger partial charge is 0.0716 e. The van der Waals surface area contributed by atoms with Gasteiger partial charge in [-0.05, 0) is 31.6 Å². The number of nitrogens with one attached hydrogen (secondary N) is 2. The summed E-state index contributed by atoms with van der Waals surface area (Å²) in [5, 5.41) is 16.6. The van der Waals surface area contributed by atoms with Gasteiger partial charge in [-0.25, -0.2) is 0 Å². The molecule has 94 valence electrons. The Morgan fingerprint density at radius 3 is 2.50 bits per heavy atom. The van der Waals surface area contributed by atoms with Crippen LogP contribution >= 0.6 is 0 Å². The number of aliphatic hydroxyl groups excluding tert-OH is 1. The maximum Gasteiger partial charge on any atom is 0.0716 e. The Labute approximate surface area is 99.0 Å². The highest BCUT2D eigenvalue weighted by molar-refractivity contribution is 4.84. The second kappa shape index (κ2) is 5.99. The van der Waals surface area contributed by atoms with Crippen LogP contribution in [0.5, 0.6) is 0 Å². The average molecular weight is 226 g/mol. The fourth-order valence-electron chi connectivity index (χ4n) is 3.02. The minimum absolute atomic E-state index is 0.139. The summed E-state index contributed by atoms with van der Waals surface area (Å²) in [6, 6.07) is 0.704. The topological polar surface area (TPSA) is 44.3 Å². The van der Waals surface area contributed by atoms with E-state index < -0.39 is 0 Å². The Hall–Kier alpha value is -0.120. The number of β-amino-alcohol motifs (C(OH)–C–C–N with tert-alkyl or cyclic N) is 1. The quantitative estimate of drug-likeness (QED) is 0.673. The van der Waals surface area contributed by atoms with Crippen molar-refractivity contribution < 1.29 is 5.11 Å². The van der Waals surface area contributed by atoms with Gasteiger partial charge >= 0.3 is 0 Å². The first kappa shape index (κ1) is 12.3. The molecule has 3 N–H and O–H groups in total. The predicted molar refractivity (Wildman–Crippen MR) is 66.4 cm³/mol. The molecule has 2 fully saturated rings. The molecule has 0 amide bonds. The lowest BCUT2D eigenvalue weighted by molar-refractivity contribution is 0.141. The maximum atomic E-state index is 9.70. The molecule has 3 heteroatoms. The number of hydrogen-bond acceptors (Lipinski definition) is 3. The van der Waals surface area contributed by atoms with Crippen LogP contribution in [0.25, 0.3) is 0 Å². The number of hydrogen-bond donors (Lipinski definition) is 3. The van der Waals surface area contributed by atoms with Crippen molar-refractivity contribution in [1.29, 1.82) is 0 Å². The molecular weight excluding hydrogens is 200 g/mol. The van der Waals surface area contributed by atoms with E-state index in [9.17, 15) is 5.11 Å². The van der Waals surface area contributed by atoms with Crippen LogP contribution in [0.4, 0.5) is 0 Å². The average Bonchev–Trinajstić information content (AvgIpc) is 2.73. The molecule has 2 unspecified atom stereocenters. The van der Waals surface area contributed by atoms with E-state index in [1.807, 2.05) is 0 Å². The van der Waals surface area contributed by atoms with Gasteiger partial charge in [0.25, 0.3) is 0 Å². The van der Waals surface area contributed by atoms with E-state index >= 15 is 0 Å². The highest BCUT2D eigenvalue weighted by Gasteiger charge is 2.26. The zero-order valence-electron chi connectivity index (χ0n) is 10.4. The van der Waals surface area contributed by atoms with Gasteiger partial charge in [0.1, 0.15) is 0 Å². The van der Waals surface area contributed by atoms with Crippen molar-refractivity contribution in [3.05, 3.63) is 0 Å². The van der Waals surface area contributed by atoms with Gasteiger partial charge in [0.15, 0.2) is 0 Å². The van der Waals surface area contributed by atoms with Crippen molar-refractivity contribution in [2.45, 2.75) is 51.2 Å². The summed E-state index contributed by atoms with van der Waals surface area (Å²) in [6.45, 7) is 5.03. The molecule has 2 rings (SSSR count). The molecule has 0 aromatic rings. The first-order valence-electron chi connectivity index (χ1n) is 6.91. The number of aliphatic hydroxyl groups is 1. The van der Waals surface area contributed by atoms with Gasteiger partial charge in [-0.2, -0.15) is 0 Å². The highest BCUT2D eigenvalue weighted by atomic mass is 16.3. The molecule has 2 aliphatic rings. The molecule has 0 radical (unpaired) electrons. The third-order valence-electron chi connectivity index (χ3n) is 4.40. The first-order valence-corrected chi connectivity index (χ1v) is 6.91. The standard InChI is InChI=1S/C13H26N2O/c1-2-10-3-5-12(6-4-10)15-8-11-7-14-9-13(11)16/h10-16H,2-9H2,1H3. The van der Waals surface area contributed by atoms with Crippen LogP contribution in [0.15, 0.2) is 0 Å². The van der Waals surface area contributed by atoms with Crippen molar-refractivity contribution in [2.24, 2.45) is 11.8 Å². The summed E-state index contributed by atoms with van der Waals surface area (Å²) in [4.78, 5) is 0. The minimum Gasteiger partial charge on any atom is -0.391 e. The van der Waals surface area contributed by atoms with E-state index in [-0.39, 0.29) is 6.10 Å². The maximum absolute atomic E-state index is 9.70. The zero-order valence-corrected chi connectivity index (χ0v) is 10.4. The third-order valence-corrected chi connectivity index (χ3v) is 4.40.